The largest absolute Gasteiger partial charge is 0.377 e. The van der Waals surface area contributed by atoms with Crippen molar-refractivity contribution in [1.82, 2.24) is 5.43 Å². The van der Waals surface area contributed by atoms with Crippen LogP contribution in [0.25, 0.3) is 0 Å². The van der Waals surface area contributed by atoms with Crippen LogP contribution >= 0.6 is 0 Å². The van der Waals surface area contributed by atoms with Crippen LogP contribution < -0.4 is 15.6 Å². The number of nitrogens with one attached hydrogen (secondary N) is 1. The standard InChI is InChI=1S/C8H11N3O4S/c1-6-2-4-7(5-3-6)11(10-8(9)12)16(13,14)15/h2-5H,1H3,(H3,9,10,12)(H,13,14,15). The zero-order valence-corrected chi connectivity index (χ0v) is 9.23. The van der Waals surface area contributed by atoms with E-state index in [9.17, 15) is 13.2 Å². The predicted molar refractivity (Wildman–Crippen MR) is 57.9 cm³/mol. The van der Waals surface area contributed by atoms with Gasteiger partial charge in [0.15, 0.2) is 0 Å². The summed E-state index contributed by atoms with van der Waals surface area (Å²) in [4.78, 5) is 10.6. The lowest BCUT2D eigenvalue weighted by Gasteiger charge is -2.19. The molecule has 1 aromatic rings. The monoisotopic (exact) mass is 245 g/mol. The first-order valence-electron chi connectivity index (χ1n) is 4.21. The summed E-state index contributed by atoms with van der Waals surface area (Å²) in [5, 5.41) is 0. The summed E-state index contributed by atoms with van der Waals surface area (Å²) in [6.07, 6.45) is 0. The van der Waals surface area contributed by atoms with Crippen molar-refractivity contribution in [3.63, 3.8) is 0 Å². The number of amides is 2. The number of hydrogen-bond donors (Lipinski definition) is 3. The first kappa shape index (κ1) is 12.3. The molecule has 0 aliphatic carbocycles. The Morgan fingerprint density at radius 3 is 2.25 bits per heavy atom. The molecule has 16 heavy (non-hydrogen) atoms. The van der Waals surface area contributed by atoms with Crippen LogP contribution in [0.3, 0.4) is 0 Å². The minimum Gasteiger partial charge on any atom is -0.350 e. The highest BCUT2D eigenvalue weighted by Gasteiger charge is 2.20. The van der Waals surface area contributed by atoms with Crippen LogP contribution in [0.1, 0.15) is 5.56 Å². The number of nitrogens with zero attached hydrogens (tertiary/aromatic N) is 1. The molecule has 0 aliphatic heterocycles. The number of nitrogens with two attached hydrogens (primary N) is 1. The molecule has 4 N–H and O–H groups in total. The summed E-state index contributed by atoms with van der Waals surface area (Å²) in [5.74, 6) is 0. The van der Waals surface area contributed by atoms with Crippen molar-refractivity contribution in [2.45, 2.75) is 6.92 Å². The molecule has 88 valence electrons. The zero-order valence-electron chi connectivity index (χ0n) is 8.41. The van der Waals surface area contributed by atoms with E-state index in [1.54, 1.807) is 17.6 Å². The Kier molecular flexibility index (Phi) is 3.35. The van der Waals surface area contributed by atoms with E-state index in [4.69, 9.17) is 10.3 Å². The summed E-state index contributed by atoms with van der Waals surface area (Å²) >= 11 is 0. The minimum absolute atomic E-state index is 0.0758. The lowest BCUT2D eigenvalue weighted by Crippen LogP contribution is -2.48. The van der Waals surface area contributed by atoms with E-state index < -0.39 is 16.3 Å². The van der Waals surface area contributed by atoms with Crippen molar-refractivity contribution in [2.75, 3.05) is 4.41 Å². The van der Waals surface area contributed by atoms with Crippen LogP contribution in [0.5, 0.6) is 0 Å². The Balaban J connectivity index is 3.11. The van der Waals surface area contributed by atoms with Crippen molar-refractivity contribution in [1.29, 1.82) is 0 Å². The van der Waals surface area contributed by atoms with Crippen molar-refractivity contribution in [3.05, 3.63) is 29.8 Å². The Morgan fingerprint density at radius 1 is 1.38 bits per heavy atom. The maximum Gasteiger partial charge on any atom is 0.377 e. The van der Waals surface area contributed by atoms with Crippen LogP contribution in [-0.4, -0.2) is 19.0 Å². The molecule has 0 aliphatic rings. The number of hydrogen-bond acceptors (Lipinski definition) is 3. The second-order valence-corrected chi connectivity index (χ2v) is 4.31. The molecule has 2 amide bonds. The van der Waals surface area contributed by atoms with E-state index in [-0.39, 0.29) is 10.1 Å². The average Bonchev–Trinajstić information content (AvgIpc) is 2.14. The molecule has 0 unspecified atom stereocenters. The van der Waals surface area contributed by atoms with Gasteiger partial charge in [0.05, 0.1) is 5.69 Å². The molecule has 0 saturated carbocycles. The summed E-state index contributed by atoms with van der Waals surface area (Å²) < 4.78 is 31.1. The smallest absolute Gasteiger partial charge is 0.350 e. The molecule has 1 rings (SSSR count). The first-order valence-corrected chi connectivity index (χ1v) is 5.61. The van der Waals surface area contributed by atoms with Gasteiger partial charge in [-0.2, -0.15) is 12.8 Å². The van der Waals surface area contributed by atoms with E-state index in [0.29, 0.717) is 0 Å². The maximum atomic E-state index is 11.0. The normalized spacial score (nSPS) is 10.9. The molecule has 0 spiro atoms. The number of carbonyl (C=O) groups is 1. The Labute approximate surface area is 92.7 Å². The number of hydrazine groups is 1. The average molecular weight is 245 g/mol. The van der Waals surface area contributed by atoms with Gasteiger partial charge in [0.25, 0.3) is 0 Å². The molecule has 0 bridgehead atoms. The van der Waals surface area contributed by atoms with E-state index >= 15 is 0 Å². The van der Waals surface area contributed by atoms with Crippen LogP contribution in [0.15, 0.2) is 24.3 Å². The number of primary amides is 1. The molecule has 0 radical (unpaired) electrons. The number of carbonyl (C=O) groups excluding carboxylic acids is 1. The van der Waals surface area contributed by atoms with Gasteiger partial charge in [-0.05, 0) is 19.1 Å². The molecule has 0 saturated heterocycles. The van der Waals surface area contributed by atoms with Crippen LogP contribution in [-0.2, 0) is 10.3 Å². The fourth-order valence-corrected chi connectivity index (χ4v) is 1.63. The van der Waals surface area contributed by atoms with Crippen LogP contribution in [0, 0.1) is 6.92 Å². The van der Waals surface area contributed by atoms with Crippen molar-refractivity contribution in [3.8, 4) is 0 Å². The van der Waals surface area contributed by atoms with Crippen molar-refractivity contribution in [2.24, 2.45) is 5.73 Å². The van der Waals surface area contributed by atoms with Gasteiger partial charge in [-0.1, -0.05) is 17.7 Å². The highest BCUT2D eigenvalue weighted by atomic mass is 32.2. The number of benzene rings is 1. The Morgan fingerprint density at radius 2 is 1.88 bits per heavy atom. The minimum atomic E-state index is -4.60. The fourth-order valence-electron chi connectivity index (χ4n) is 1.04. The Bertz CT molecular complexity index is 483. The van der Waals surface area contributed by atoms with Gasteiger partial charge < -0.3 is 5.73 Å². The summed E-state index contributed by atoms with van der Waals surface area (Å²) in [7, 11) is -4.60. The molecule has 0 aromatic heterocycles. The zero-order chi connectivity index (χ0) is 12.3. The van der Waals surface area contributed by atoms with Crippen LogP contribution in [0.4, 0.5) is 10.5 Å². The fraction of sp³-hybridized carbons (Fsp3) is 0.125. The lowest BCUT2D eigenvalue weighted by atomic mass is 10.2. The molecule has 0 heterocycles. The van der Waals surface area contributed by atoms with E-state index in [1.165, 1.54) is 12.1 Å². The molecule has 1 aromatic carbocycles. The van der Waals surface area contributed by atoms with Gasteiger partial charge in [0.2, 0.25) is 0 Å². The first-order chi connectivity index (χ1) is 7.30. The predicted octanol–water partition coefficient (Wildman–Crippen LogP) is 0.188. The van der Waals surface area contributed by atoms with Gasteiger partial charge in [-0.15, -0.1) is 0 Å². The highest BCUT2D eigenvalue weighted by molar-refractivity contribution is 7.87. The van der Waals surface area contributed by atoms with Gasteiger partial charge in [-0.3, -0.25) is 4.55 Å². The Hall–Kier alpha value is -1.80. The van der Waals surface area contributed by atoms with E-state index in [0.717, 1.165) is 5.56 Å². The quantitative estimate of drug-likeness (QED) is 0.521. The topological polar surface area (TPSA) is 113 Å². The molecular formula is C8H11N3O4S. The molecular weight excluding hydrogens is 234 g/mol. The number of urea groups is 1. The molecule has 7 nitrogen and oxygen atoms in total. The molecule has 0 atom stereocenters. The SMILES string of the molecule is Cc1ccc(N(NC(N)=O)S(=O)(=O)O)cc1. The second kappa shape index (κ2) is 4.37. The molecule has 0 fully saturated rings. The number of rotatable bonds is 3. The number of anilines is 1. The lowest BCUT2D eigenvalue weighted by molar-refractivity contribution is 0.249. The van der Waals surface area contributed by atoms with Gasteiger partial charge >= 0.3 is 16.3 Å². The molecule has 8 heteroatoms. The van der Waals surface area contributed by atoms with Gasteiger partial charge in [0.1, 0.15) is 0 Å². The third kappa shape index (κ3) is 3.11. The van der Waals surface area contributed by atoms with Crippen molar-refractivity contribution < 1.29 is 17.8 Å². The maximum absolute atomic E-state index is 11.0. The third-order valence-corrected chi connectivity index (χ3v) is 2.47. The second-order valence-electron chi connectivity index (χ2n) is 3.05. The van der Waals surface area contributed by atoms with Gasteiger partial charge in [0, 0.05) is 0 Å². The van der Waals surface area contributed by atoms with Gasteiger partial charge in [-0.25, -0.2) is 10.2 Å². The third-order valence-electron chi connectivity index (χ3n) is 1.71. The van der Waals surface area contributed by atoms with E-state index in [1.807, 2.05) is 6.92 Å². The van der Waals surface area contributed by atoms with Crippen molar-refractivity contribution >= 4 is 22.0 Å². The van der Waals surface area contributed by atoms with E-state index in [2.05, 4.69) is 0 Å². The summed E-state index contributed by atoms with van der Waals surface area (Å²) in [5.41, 5.74) is 7.56. The van der Waals surface area contributed by atoms with Crippen LogP contribution in [0.2, 0.25) is 0 Å². The summed E-state index contributed by atoms with van der Waals surface area (Å²) in [6, 6.07) is 4.97. The highest BCUT2D eigenvalue weighted by Crippen LogP contribution is 2.15. The summed E-state index contributed by atoms with van der Waals surface area (Å²) in [6.45, 7) is 1.81. The number of aryl methyl sites for hydroxylation is 1.